The van der Waals surface area contributed by atoms with Crippen LogP contribution in [0.2, 0.25) is 5.02 Å². The molecule has 0 spiro atoms. The van der Waals surface area contributed by atoms with E-state index in [4.69, 9.17) is 11.6 Å². The summed E-state index contributed by atoms with van der Waals surface area (Å²) in [5, 5.41) is 6.28. The van der Waals surface area contributed by atoms with E-state index < -0.39 is 5.41 Å². The summed E-state index contributed by atoms with van der Waals surface area (Å²) in [6.45, 7) is 5.99. The Labute approximate surface area is 153 Å². The SMILES string of the molecule is Cc1cccc(CNC(=O)C(C)(C)C(=O)NCc2ccc(Cl)cc2)c1. The summed E-state index contributed by atoms with van der Waals surface area (Å²) in [7, 11) is 0. The maximum atomic E-state index is 12.4. The van der Waals surface area contributed by atoms with E-state index in [1.165, 1.54) is 0 Å². The third kappa shape index (κ3) is 5.33. The highest BCUT2D eigenvalue weighted by Gasteiger charge is 2.35. The number of aryl methyl sites for hydroxylation is 1. The number of rotatable bonds is 6. The third-order valence-electron chi connectivity index (χ3n) is 4.04. The van der Waals surface area contributed by atoms with Crippen LogP contribution in [0.3, 0.4) is 0 Å². The van der Waals surface area contributed by atoms with Gasteiger partial charge in [-0.25, -0.2) is 0 Å². The van der Waals surface area contributed by atoms with E-state index in [2.05, 4.69) is 10.6 Å². The lowest BCUT2D eigenvalue weighted by atomic mass is 9.91. The molecule has 0 aliphatic carbocycles. The van der Waals surface area contributed by atoms with Crippen LogP contribution in [0.5, 0.6) is 0 Å². The summed E-state index contributed by atoms with van der Waals surface area (Å²) in [5.74, 6) is -0.619. The molecule has 25 heavy (non-hydrogen) atoms. The van der Waals surface area contributed by atoms with E-state index in [1.54, 1.807) is 26.0 Å². The van der Waals surface area contributed by atoms with Gasteiger partial charge in [0.05, 0.1) is 0 Å². The molecule has 0 bridgehead atoms. The van der Waals surface area contributed by atoms with Crippen molar-refractivity contribution in [3.8, 4) is 0 Å². The van der Waals surface area contributed by atoms with Crippen LogP contribution in [0.4, 0.5) is 0 Å². The maximum absolute atomic E-state index is 12.4. The zero-order valence-corrected chi connectivity index (χ0v) is 15.5. The van der Waals surface area contributed by atoms with Crippen LogP contribution in [0.25, 0.3) is 0 Å². The molecule has 0 unspecified atom stereocenters. The van der Waals surface area contributed by atoms with Gasteiger partial charge in [-0.15, -0.1) is 0 Å². The van der Waals surface area contributed by atoms with Gasteiger partial charge >= 0.3 is 0 Å². The molecule has 0 saturated carbocycles. The van der Waals surface area contributed by atoms with Crippen molar-refractivity contribution < 1.29 is 9.59 Å². The largest absolute Gasteiger partial charge is 0.351 e. The van der Waals surface area contributed by atoms with E-state index in [0.717, 1.165) is 16.7 Å². The molecule has 0 radical (unpaired) electrons. The average molecular weight is 359 g/mol. The molecule has 2 N–H and O–H groups in total. The fourth-order valence-electron chi connectivity index (χ4n) is 2.33. The minimum atomic E-state index is -1.16. The molecule has 2 aromatic carbocycles. The lowest BCUT2D eigenvalue weighted by Crippen LogP contribution is -2.47. The molecule has 132 valence electrons. The maximum Gasteiger partial charge on any atom is 0.235 e. The van der Waals surface area contributed by atoms with Crippen molar-refractivity contribution in [3.63, 3.8) is 0 Å². The lowest BCUT2D eigenvalue weighted by molar-refractivity contribution is -0.141. The molecule has 5 heteroatoms. The Morgan fingerprint density at radius 2 is 1.48 bits per heavy atom. The van der Waals surface area contributed by atoms with Crippen molar-refractivity contribution >= 4 is 23.4 Å². The average Bonchev–Trinajstić information content (AvgIpc) is 2.58. The highest BCUT2D eigenvalue weighted by molar-refractivity contribution is 6.30. The number of halogens is 1. The molecule has 0 aliphatic heterocycles. The normalized spacial score (nSPS) is 11.0. The third-order valence-corrected chi connectivity index (χ3v) is 4.29. The Bertz CT molecular complexity index is 755. The van der Waals surface area contributed by atoms with Crippen molar-refractivity contribution in [2.75, 3.05) is 0 Å². The van der Waals surface area contributed by atoms with Crippen LogP contribution in [-0.2, 0) is 22.7 Å². The molecular formula is C20H23ClN2O2. The molecule has 2 aromatic rings. The number of carbonyl (C=O) groups is 2. The minimum Gasteiger partial charge on any atom is -0.351 e. The van der Waals surface area contributed by atoms with Gasteiger partial charge in [0, 0.05) is 18.1 Å². The van der Waals surface area contributed by atoms with Crippen LogP contribution in [0.15, 0.2) is 48.5 Å². The molecular weight excluding hydrogens is 336 g/mol. The van der Waals surface area contributed by atoms with Crippen molar-refractivity contribution in [1.29, 1.82) is 0 Å². The second-order valence-electron chi connectivity index (χ2n) is 6.61. The molecule has 0 saturated heterocycles. The number of hydrogen-bond acceptors (Lipinski definition) is 2. The number of benzene rings is 2. The number of nitrogens with one attached hydrogen (secondary N) is 2. The summed E-state index contributed by atoms with van der Waals surface area (Å²) < 4.78 is 0. The Morgan fingerprint density at radius 3 is 2.04 bits per heavy atom. The zero-order valence-electron chi connectivity index (χ0n) is 14.7. The number of carbonyl (C=O) groups excluding carboxylic acids is 2. The van der Waals surface area contributed by atoms with Gasteiger partial charge in [-0.05, 0) is 44.0 Å². The molecule has 0 aliphatic rings. The van der Waals surface area contributed by atoms with E-state index >= 15 is 0 Å². The summed E-state index contributed by atoms with van der Waals surface area (Å²) >= 11 is 5.84. The Balaban J connectivity index is 1.90. The molecule has 0 fully saturated rings. The van der Waals surface area contributed by atoms with E-state index in [0.29, 0.717) is 18.1 Å². The van der Waals surface area contributed by atoms with Gasteiger partial charge in [-0.1, -0.05) is 53.6 Å². The van der Waals surface area contributed by atoms with E-state index in [-0.39, 0.29) is 11.8 Å². The summed E-state index contributed by atoms with van der Waals surface area (Å²) in [6, 6.07) is 15.1. The van der Waals surface area contributed by atoms with Crippen LogP contribution < -0.4 is 10.6 Å². The first kappa shape index (κ1) is 19.0. The van der Waals surface area contributed by atoms with Crippen molar-refractivity contribution in [3.05, 3.63) is 70.2 Å². The smallest absolute Gasteiger partial charge is 0.235 e. The highest BCUT2D eigenvalue weighted by Crippen LogP contribution is 2.17. The van der Waals surface area contributed by atoms with Crippen LogP contribution >= 0.6 is 11.6 Å². The Hall–Kier alpha value is -2.33. The van der Waals surface area contributed by atoms with E-state index in [1.807, 2.05) is 43.3 Å². The van der Waals surface area contributed by atoms with Crippen molar-refractivity contribution in [2.45, 2.75) is 33.9 Å². The second kappa shape index (κ2) is 8.17. The van der Waals surface area contributed by atoms with Gasteiger partial charge in [-0.3, -0.25) is 9.59 Å². The molecule has 4 nitrogen and oxygen atoms in total. The van der Waals surface area contributed by atoms with Crippen LogP contribution in [-0.4, -0.2) is 11.8 Å². The van der Waals surface area contributed by atoms with E-state index in [9.17, 15) is 9.59 Å². The summed E-state index contributed by atoms with van der Waals surface area (Å²) in [5.41, 5.74) is 1.90. The molecule has 2 rings (SSSR count). The monoisotopic (exact) mass is 358 g/mol. The first-order valence-corrected chi connectivity index (χ1v) is 8.53. The fraction of sp³-hybridized carbons (Fsp3) is 0.300. The van der Waals surface area contributed by atoms with Crippen molar-refractivity contribution in [2.24, 2.45) is 5.41 Å². The fourth-order valence-corrected chi connectivity index (χ4v) is 2.46. The molecule has 2 amide bonds. The van der Waals surface area contributed by atoms with Gasteiger partial charge in [0.2, 0.25) is 11.8 Å². The number of hydrogen-bond donors (Lipinski definition) is 2. The first-order valence-electron chi connectivity index (χ1n) is 8.15. The first-order chi connectivity index (χ1) is 11.8. The molecule has 0 atom stereocenters. The van der Waals surface area contributed by atoms with Crippen LogP contribution in [0, 0.1) is 12.3 Å². The predicted octanol–water partition coefficient (Wildman–Crippen LogP) is 3.61. The topological polar surface area (TPSA) is 58.2 Å². The summed E-state index contributed by atoms with van der Waals surface area (Å²) in [4.78, 5) is 24.8. The van der Waals surface area contributed by atoms with Gasteiger partial charge in [0.1, 0.15) is 5.41 Å². The lowest BCUT2D eigenvalue weighted by Gasteiger charge is -2.23. The van der Waals surface area contributed by atoms with Gasteiger partial charge < -0.3 is 10.6 Å². The zero-order chi connectivity index (χ0) is 18.4. The highest BCUT2D eigenvalue weighted by atomic mass is 35.5. The van der Waals surface area contributed by atoms with Gasteiger partial charge in [0.25, 0.3) is 0 Å². The molecule has 0 heterocycles. The quantitative estimate of drug-likeness (QED) is 0.775. The molecule has 0 aromatic heterocycles. The standard InChI is InChI=1S/C20H23ClN2O2/c1-14-5-4-6-16(11-14)13-23-19(25)20(2,3)18(24)22-12-15-7-9-17(21)10-8-15/h4-11H,12-13H2,1-3H3,(H,22,24)(H,23,25). The minimum absolute atomic E-state index is 0.303. The van der Waals surface area contributed by atoms with Gasteiger partial charge in [0.15, 0.2) is 0 Å². The Morgan fingerprint density at radius 1 is 0.920 bits per heavy atom. The summed E-state index contributed by atoms with van der Waals surface area (Å²) in [6.07, 6.45) is 0. The Kier molecular flexibility index (Phi) is 6.21. The van der Waals surface area contributed by atoms with Gasteiger partial charge in [-0.2, -0.15) is 0 Å². The predicted molar refractivity (Wildman–Crippen MR) is 100 cm³/mol. The number of amides is 2. The van der Waals surface area contributed by atoms with Crippen LogP contribution in [0.1, 0.15) is 30.5 Å². The van der Waals surface area contributed by atoms with Crippen molar-refractivity contribution in [1.82, 2.24) is 10.6 Å². The second-order valence-corrected chi connectivity index (χ2v) is 7.04.